The van der Waals surface area contributed by atoms with Crippen LogP contribution in [0.15, 0.2) is 94.7 Å². The first-order chi connectivity index (χ1) is 20.3. The van der Waals surface area contributed by atoms with Gasteiger partial charge in [-0.3, -0.25) is 9.36 Å². The van der Waals surface area contributed by atoms with E-state index in [-0.39, 0.29) is 23.1 Å². The van der Waals surface area contributed by atoms with E-state index in [2.05, 4.69) is 15.6 Å². The average molecular weight is 602 g/mol. The van der Waals surface area contributed by atoms with Gasteiger partial charge in [-0.1, -0.05) is 60.1 Å². The lowest BCUT2D eigenvalue weighted by Gasteiger charge is -2.24. The second kappa shape index (κ2) is 11.7. The molecule has 0 bridgehead atoms. The van der Waals surface area contributed by atoms with Gasteiger partial charge in [-0.15, -0.1) is 0 Å². The standard InChI is InChI=1S/C31H28ClN5O4S/c1-42(39,40)28-9-5-2-6-21(28)19-37-29-22(16-25(30(37)38)24-7-3-4-8-26(24)32)17-34-31(36-29)35-23-12-10-20(11-13-23)27-18-33-14-15-41-27/h2-13,16-17,27,33H,14-15,18-19H2,1H3,(H,34,35,36). The molecule has 3 aromatic carbocycles. The summed E-state index contributed by atoms with van der Waals surface area (Å²) in [4.78, 5) is 23.4. The molecule has 2 aromatic heterocycles. The maximum absolute atomic E-state index is 14.0. The van der Waals surface area contributed by atoms with Crippen molar-refractivity contribution in [3.8, 4) is 11.1 Å². The van der Waals surface area contributed by atoms with Crippen LogP contribution in [0, 0.1) is 0 Å². The summed E-state index contributed by atoms with van der Waals surface area (Å²) in [7, 11) is -3.54. The molecule has 1 unspecified atom stereocenters. The molecule has 214 valence electrons. The zero-order chi connectivity index (χ0) is 29.3. The molecule has 3 heterocycles. The number of fused-ring (bicyclic) bond motifs is 1. The molecule has 5 aromatic rings. The SMILES string of the molecule is CS(=O)(=O)c1ccccc1Cn1c(=O)c(-c2ccccc2Cl)cc2cnc(Nc3ccc(C4CNCCO4)cc3)nc21. The van der Waals surface area contributed by atoms with Gasteiger partial charge in [0.1, 0.15) is 5.65 Å². The van der Waals surface area contributed by atoms with Crippen molar-refractivity contribution in [2.45, 2.75) is 17.5 Å². The van der Waals surface area contributed by atoms with Gasteiger partial charge in [-0.05, 0) is 41.5 Å². The zero-order valence-corrected chi connectivity index (χ0v) is 24.3. The van der Waals surface area contributed by atoms with Crippen LogP contribution >= 0.6 is 11.6 Å². The lowest BCUT2D eigenvalue weighted by Crippen LogP contribution is -2.33. The van der Waals surface area contributed by atoms with E-state index in [1.165, 1.54) is 10.6 Å². The summed E-state index contributed by atoms with van der Waals surface area (Å²) < 4.78 is 32.4. The highest BCUT2D eigenvalue weighted by atomic mass is 35.5. The van der Waals surface area contributed by atoms with E-state index in [1.54, 1.807) is 54.7 Å². The third-order valence-electron chi connectivity index (χ3n) is 7.16. The van der Waals surface area contributed by atoms with Crippen molar-refractivity contribution in [2.75, 3.05) is 31.3 Å². The predicted octanol–water partition coefficient (Wildman–Crippen LogP) is 4.97. The van der Waals surface area contributed by atoms with Crippen molar-refractivity contribution in [2.24, 2.45) is 0 Å². The summed E-state index contributed by atoms with van der Waals surface area (Å²) in [5.41, 5.74) is 3.25. The van der Waals surface area contributed by atoms with Crippen LogP contribution in [-0.2, 0) is 21.1 Å². The van der Waals surface area contributed by atoms with E-state index in [1.807, 2.05) is 24.3 Å². The molecule has 1 saturated heterocycles. The minimum absolute atomic E-state index is 0.00118. The van der Waals surface area contributed by atoms with Crippen LogP contribution in [0.3, 0.4) is 0 Å². The summed E-state index contributed by atoms with van der Waals surface area (Å²) in [6.45, 7) is 2.26. The third kappa shape index (κ3) is 5.79. The smallest absolute Gasteiger partial charge is 0.260 e. The van der Waals surface area contributed by atoms with E-state index in [9.17, 15) is 13.2 Å². The highest BCUT2D eigenvalue weighted by molar-refractivity contribution is 7.90. The van der Waals surface area contributed by atoms with Gasteiger partial charge in [0.25, 0.3) is 5.56 Å². The number of aromatic nitrogens is 3. The van der Waals surface area contributed by atoms with Crippen LogP contribution in [0.25, 0.3) is 22.2 Å². The van der Waals surface area contributed by atoms with E-state index in [0.717, 1.165) is 30.6 Å². The van der Waals surface area contributed by atoms with E-state index < -0.39 is 9.84 Å². The number of anilines is 2. The lowest BCUT2D eigenvalue weighted by molar-refractivity contribution is 0.0277. The molecule has 0 saturated carbocycles. The molecule has 42 heavy (non-hydrogen) atoms. The molecule has 9 nitrogen and oxygen atoms in total. The molecule has 0 spiro atoms. The van der Waals surface area contributed by atoms with Crippen LogP contribution in [0.2, 0.25) is 5.02 Å². The lowest BCUT2D eigenvalue weighted by atomic mass is 10.1. The number of benzene rings is 3. The highest BCUT2D eigenvalue weighted by Crippen LogP contribution is 2.29. The predicted molar refractivity (Wildman–Crippen MR) is 164 cm³/mol. The van der Waals surface area contributed by atoms with Crippen molar-refractivity contribution in [1.29, 1.82) is 0 Å². The summed E-state index contributed by atoms with van der Waals surface area (Å²) in [6.07, 6.45) is 2.79. The number of nitrogens with one attached hydrogen (secondary N) is 2. The molecule has 11 heteroatoms. The Kier molecular flexibility index (Phi) is 7.78. The van der Waals surface area contributed by atoms with Crippen LogP contribution in [0.1, 0.15) is 17.2 Å². The van der Waals surface area contributed by atoms with Crippen molar-refractivity contribution in [3.05, 3.63) is 112 Å². The van der Waals surface area contributed by atoms with Crippen molar-refractivity contribution in [3.63, 3.8) is 0 Å². The minimum atomic E-state index is -3.54. The fourth-order valence-electron chi connectivity index (χ4n) is 5.09. The van der Waals surface area contributed by atoms with Gasteiger partial charge in [0, 0.05) is 52.8 Å². The van der Waals surface area contributed by atoms with Gasteiger partial charge in [0.2, 0.25) is 5.95 Å². The zero-order valence-electron chi connectivity index (χ0n) is 22.7. The summed E-state index contributed by atoms with van der Waals surface area (Å²) in [6, 6.07) is 23.3. The first-order valence-electron chi connectivity index (χ1n) is 13.4. The second-order valence-corrected chi connectivity index (χ2v) is 12.5. The highest BCUT2D eigenvalue weighted by Gasteiger charge is 2.19. The fourth-order valence-corrected chi connectivity index (χ4v) is 6.27. The molecular formula is C31H28ClN5O4S. The van der Waals surface area contributed by atoms with Crippen LogP contribution in [-0.4, -0.2) is 48.9 Å². The number of hydrogen-bond donors (Lipinski definition) is 2. The van der Waals surface area contributed by atoms with Crippen molar-refractivity contribution < 1.29 is 13.2 Å². The third-order valence-corrected chi connectivity index (χ3v) is 8.68. The molecule has 1 fully saturated rings. The normalized spacial score (nSPS) is 15.5. The van der Waals surface area contributed by atoms with Gasteiger partial charge < -0.3 is 15.4 Å². The molecule has 1 atom stereocenters. The first kappa shape index (κ1) is 28.0. The Hall–Kier alpha value is -4.09. The number of pyridine rings is 1. The largest absolute Gasteiger partial charge is 0.371 e. The molecule has 2 N–H and O–H groups in total. The second-order valence-electron chi connectivity index (χ2n) is 10.1. The molecule has 6 rings (SSSR count). The number of rotatable bonds is 7. The van der Waals surface area contributed by atoms with Gasteiger partial charge >= 0.3 is 0 Å². The quantitative estimate of drug-likeness (QED) is 0.269. The molecule has 0 radical (unpaired) electrons. The topological polar surface area (TPSA) is 115 Å². The number of morpholine rings is 1. The Bertz CT molecular complexity index is 1940. The van der Waals surface area contributed by atoms with E-state index >= 15 is 0 Å². The summed E-state index contributed by atoms with van der Waals surface area (Å²) in [5, 5.41) is 7.57. The molecule has 0 aliphatic carbocycles. The van der Waals surface area contributed by atoms with Crippen molar-refractivity contribution in [1.82, 2.24) is 19.9 Å². The number of hydrogen-bond acceptors (Lipinski definition) is 8. The number of halogens is 1. The minimum Gasteiger partial charge on any atom is -0.371 e. The fraction of sp³-hybridized carbons (Fsp3) is 0.194. The number of sulfone groups is 1. The summed E-state index contributed by atoms with van der Waals surface area (Å²) >= 11 is 6.48. The maximum atomic E-state index is 14.0. The van der Waals surface area contributed by atoms with Gasteiger partial charge in [-0.2, -0.15) is 4.98 Å². The van der Waals surface area contributed by atoms with E-state index in [0.29, 0.717) is 45.3 Å². The Morgan fingerprint density at radius 1 is 1.05 bits per heavy atom. The Labute approximate surface area is 248 Å². The summed E-state index contributed by atoms with van der Waals surface area (Å²) in [5.74, 6) is 0.292. The Morgan fingerprint density at radius 2 is 1.81 bits per heavy atom. The molecule has 0 amide bonds. The van der Waals surface area contributed by atoms with Crippen LogP contribution in [0.4, 0.5) is 11.6 Å². The molecule has 1 aliphatic heterocycles. The molecular weight excluding hydrogens is 574 g/mol. The van der Waals surface area contributed by atoms with Crippen molar-refractivity contribution >= 4 is 44.1 Å². The van der Waals surface area contributed by atoms with Crippen LogP contribution < -0.4 is 16.2 Å². The number of ether oxygens (including phenoxy) is 1. The maximum Gasteiger partial charge on any atom is 0.260 e. The Morgan fingerprint density at radius 3 is 2.55 bits per heavy atom. The first-order valence-corrected chi connectivity index (χ1v) is 15.7. The molecule has 1 aliphatic rings. The Balaban J connectivity index is 1.43. The van der Waals surface area contributed by atoms with E-state index in [4.69, 9.17) is 21.3 Å². The van der Waals surface area contributed by atoms with Gasteiger partial charge in [0.15, 0.2) is 9.84 Å². The van der Waals surface area contributed by atoms with Gasteiger partial charge in [-0.25, -0.2) is 13.4 Å². The average Bonchev–Trinajstić information content (AvgIpc) is 2.99. The van der Waals surface area contributed by atoms with Gasteiger partial charge in [0.05, 0.1) is 24.2 Å². The monoisotopic (exact) mass is 601 g/mol. The van der Waals surface area contributed by atoms with Crippen LogP contribution in [0.5, 0.6) is 0 Å². The number of nitrogens with zero attached hydrogens (tertiary/aromatic N) is 3.